The van der Waals surface area contributed by atoms with Crippen LogP contribution in [0.5, 0.6) is 0 Å². The van der Waals surface area contributed by atoms with Crippen molar-refractivity contribution in [3.8, 4) is 22.3 Å². The van der Waals surface area contributed by atoms with Crippen LogP contribution in [0.15, 0.2) is 240 Å². The third kappa shape index (κ3) is 20.5. The van der Waals surface area contributed by atoms with E-state index < -0.39 is 0 Å². The summed E-state index contributed by atoms with van der Waals surface area (Å²) in [5.41, 5.74) is 25.0. The Bertz CT molecular complexity index is 2860. The predicted molar refractivity (Wildman–Crippen MR) is 331 cm³/mol. The number of aliphatic imine (C=N–C) groups is 1. The molecule has 1 nitrogen and oxygen atoms in total. The number of benzene rings is 6. The molecule has 0 aliphatic heterocycles. The fourth-order valence-corrected chi connectivity index (χ4v) is 8.22. The highest BCUT2D eigenvalue weighted by Crippen LogP contribution is 2.39. The summed E-state index contributed by atoms with van der Waals surface area (Å²) >= 11 is 0. The molecular weight excluding hydrogens is 879 g/mol. The Hall–Kier alpha value is -7.09. The number of nitrogens with zero attached hydrogens (tertiary/aromatic N) is 1. The summed E-state index contributed by atoms with van der Waals surface area (Å²) < 4.78 is 0. The van der Waals surface area contributed by atoms with E-state index in [-0.39, 0.29) is 0 Å². The standard InChI is InChI=1S/C29H31N.C21H20.C9H10.C9H16.2C2H6/c1-7-25(23(5)30-24(6)26-14-9-8-10-15-26)17-21(3)27-18-22(4)29(19-27)28-16-12-11-13-20(28)2;1-15-8-6-11-18(14-15)20-13-7-10-17(3)21(20)19-12-5-4-9-16(19)2;1-8(2)9-6-4-3-5-7-9;1-4-6-8-9(3)7-5-2;2*1-2/h7-18H,5,19H2,1-4,6H3;4-14H,1-3H3;3-7H,1H2,2H3;6-8H,4-5H2,1-3H3;2*1-2H3/b21-17+,25-7+,30-24?;;;8-6-,9-7-;;. The largest absolute Gasteiger partial charge is 0.253 e. The Morgan fingerprint density at radius 2 is 1.10 bits per heavy atom. The highest BCUT2D eigenvalue weighted by Gasteiger charge is 2.18. The maximum Gasteiger partial charge on any atom is 0.0630 e. The highest BCUT2D eigenvalue weighted by molar-refractivity contribution is 5.99. The Morgan fingerprint density at radius 3 is 1.62 bits per heavy atom. The molecule has 0 saturated heterocycles. The summed E-state index contributed by atoms with van der Waals surface area (Å²) in [7, 11) is 0. The molecule has 0 spiro atoms. The van der Waals surface area contributed by atoms with Gasteiger partial charge in [0.1, 0.15) is 0 Å². The number of rotatable bonds is 12. The van der Waals surface area contributed by atoms with Crippen LogP contribution in [0.3, 0.4) is 0 Å². The Labute approximate surface area is 445 Å². The van der Waals surface area contributed by atoms with Crippen molar-refractivity contribution in [2.45, 2.75) is 130 Å². The summed E-state index contributed by atoms with van der Waals surface area (Å²) in [6, 6.07) is 53.0. The van der Waals surface area contributed by atoms with E-state index in [2.05, 4.69) is 227 Å². The van der Waals surface area contributed by atoms with Gasteiger partial charge in [-0.1, -0.05) is 253 Å². The molecule has 0 N–H and O–H groups in total. The van der Waals surface area contributed by atoms with Gasteiger partial charge in [0.05, 0.1) is 5.70 Å². The van der Waals surface area contributed by atoms with Gasteiger partial charge in [-0.15, -0.1) is 0 Å². The van der Waals surface area contributed by atoms with E-state index in [0.717, 1.165) is 47.4 Å². The first-order valence-corrected chi connectivity index (χ1v) is 26.6. The Balaban J connectivity index is 0.000000365. The van der Waals surface area contributed by atoms with Gasteiger partial charge in [-0.2, -0.15) is 0 Å². The van der Waals surface area contributed by atoms with E-state index in [1.54, 1.807) is 0 Å². The molecule has 1 aliphatic rings. The first-order valence-electron chi connectivity index (χ1n) is 26.6. The van der Waals surface area contributed by atoms with Crippen molar-refractivity contribution < 1.29 is 0 Å². The van der Waals surface area contributed by atoms with Gasteiger partial charge >= 0.3 is 0 Å². The smallest absolute Gasteiger partial charge is 0.0630 e. The van der Waals surface area contributed by atoms with E-state index in [0.29, 0.717) is 0 Å². The van der Waals surface area contributed by atoms with Gasteiger partial charge in [-0.05, 0) is 178 Å². The van der Waals surface area contributed by atoms with Crippen LogP contribution in [0.4, 0.5) is 0 Å². The van der Waals surface area contributed by atoms with Crippen LogP contribution in [-0.2, 0) is 0 Å². The number of hydrogen-bond acceptors (Lipinski definition) is 1. The second-order valence-corrected chi connectivity index (χ2v) is 17.9. The van der Waals surface area contributed by atoms with Gasteiger partial charge in [0.15, 0.2) is 0 Å². The lowest BCUT2D eigenvalue weighted by atomic mass is 9.89. The average molecular weight is 969 g/mol. The summed E-state index contributed by atoms with van der Waals surface area (Å²) in [5, 5.41) is 0. The van der Waals surface area contributed by atoms with Crippen LogP contribution < -0.4 is 0 Å². The van der Waals surface area contributed by atoms with Crippen LogP contribution in [0.2, 0.25) is 0 Å². The lowest BCUT2D eigenvalue weighted by Gasteiger charge is -2.15. The topological polar surface area (TPSA) is 12.4 Å². The van der Waals surface area contributed by atoms with E-state index in [1.807, 2.05) is 84.9 Å². The molecule has 0 unspecified atom stereocenters. The first kappa shape index (κ1) is 62.0. The molecule has 0 amide bonds. The van der Waals surface area contributed by atoms with Crippen LogP contribution in [-0.4, -0.2) is 5.71 Å². The second-order valence-electron chi connectivity index (χ2n) is 17.9. The fourth-order valence-electron chi connectivity index (χ4n) is 8.22. The SMILES string of the molecule is C=C(C)c1ccccc1.C=C(N=C(C)c1ccccc1)C(/C=C(\C)C1=CC(C)=C(c2ccccc2C)C1)=C/C.CC.CC.CC/C=C\C(C)=C/CC.Cc1cccc(-c2cccc(C)c2-c2ccccc2C)c1. The molecule has 1 heteroatoms. The lowest BCUT2D eigenvalue weighted by Crippen LogP contribution is -1.96. The van der Waals surface area contributed by atoms with Gasteiger partial charge in [0, 0.05) is 5.71 Å². The number of hydrogen-bond donors (Lipinski definition) is 0. The Kier molecular flexibility index (Phi) is 29.2. The van der Waals surface area contributed by atoms with Gasteiger partial charge in [0.2, 0.25) is 0 Å². The van der Waals surface area contributed by atoms with Crippen molar-refractivity contribution in [2.24, 2.45) is 4.99 Å². The zero-order chi connectivity index (χ0) is 54.3. The summed E-state index contributed by atoms with van der Waals surface area (Å²) in [6.45, 7) is 41.7. The molecule has 0 heterocycles. The lowest BCUT2D eigenvalue weighted by molar-refractivity contribution is 1.18. The first-order chi connectivity index (χ1) is 35.2. The van der Waals surface area contributed by atoms with E-state index in [4.69, 9.17) is 4.99 Å². The molecule has 0 saturated carbocycles. The van der Waals surface area contributed by atoms with E-state index >= 15 is 0 Å². The van der Waals surface area contributed by atoms with Gasteiger partial charge < -0.3 is 0 Å². The molecule has 6 aromatic carbocycles. The van der Waals surface area contributed by atoms with Gasteiger partial charge in [0.25, 0.3) is 0 Å². The molecule has 0 fully saturated rings. The molecule has 6 aromatic rings. The van der Waals surface area contributed by atoms with Crippen LogP contribution in [0, 0.1) is 27.7 Å². The monoisotopic (exact) mass is 968 g/mol. The van der Waals surface area contributed by atoms with Gasteiger partial charge in [-0.25, -0.2) is 0 Å². The minimum Gasteiger partial charge on any atom is -0.253 e. The van der Waals surface area contributed by atoms with Crippen molar-refractivity contribution in [3.05, 3.63) is 274 Å². The summed E-state index contributed by atoms with van der Waals surface area (Å²) in [6.07, 6.45) is 16.4. The van der Waals surface area contributed by atoms with Crippen LogP contribution in [0.25, 0.3) is 33.4 Å². The zero-order valence-corrected chi connectivity index (χ0v) is 47.9. The van der Waals surface area contributed by atoms with Crippen LogP contribution >= 0.6 is 0 Å². The van der Waals surface area contributed by atoms with Crippen molar-refractivity contribution in [3.63, 3.8) is 0 Å². The maximum absolute atomic E-state index is 4.77. The van der Waals surface area contributed by atoms with Gasteiger partial charge in [-0.3, -0.25) is 4.99 Å². The molecular formula is C72H89N. The number of aryl methyl sites for hydroxylation is 4. The normalized spacial score (nSPS) is 12.3. The second kappa shape index (κ2) is 34.3. The molecule has 0 bridgehead atoms. The van der Waals surface area contributed by atoms with Crippen molar-refractivity contribution in [1.82, 2.24) is 0 Å². The Morgan fingerprint density at radius 1 is 0.575 bits per heavy atom. The molecule has 0 atom stereocenters. The minimum atomic E-state index is 0.792. The average Bonchev–Trinajstić information content (AvgIpc) is 3.80. The van der Waals surface area contributed by atoms with E-state index in [9.17, 15) is 0 Å². The third-order valence-electron chi connectivity index (χ3n) is 12.1. The maximum atomic E-state index is 4.77. The molecule has 73 heavy (non-hydrogen) atoms. The van der Waals surface area contributed by atoms with E-state index in [1.165, 1.54) is 83.5 Å². The minimum absolute atomic E-state index is 0.792. The number of allylic oxidation sites excluding steroid dienone is 12. The van der Waals surface area contributed by atoms with Crippen LogP contribution in [0.1, 0.15) is 141 Å². The molecule has 0 aromatic heterocycles. The quantitative estimate of drug-likeness (QED) is 0.0856. The molecule has 1 aliphatic carbocycles. The van der Waals surface area contributed by atoms with Crippen molar-refractivity contribution in [1.29, 1.82) is 0 Å². The van der Waals surface area contributed by atoms with Crippen molar-refractivity contribution in [2.75, 3.05) is 0 Å². The highest BCUT2D eigenvalue weighted by atomic mass is 14.8. The molecule has 382 valence electrons. The van der Waals surface area contributed by atoms with Crippen molar-refractivity contribution >= 4 is 16.9 Å². The fraction of sp³-hybridized carbons (Fsp3) is 0.264. The predicted octanol–water partition coefficient (Wildman–Crippen LogP) is 22.0. The zero-order valence-electron chi connectivity index (χ0n) is 47.9. The molecule has 7 rings (SSSR count). The molecule has 0 radical (unpaired) electrons. The third-order valence-corrected chi connectivity index (χ3v) is 12.1. The summed E-state index contributed by atoms with van der Waals surface area (Å²) in [5.74, 6) is 0. The summed E-state index contributed by atoms with van der Waals surface area (Å²) in [4.78, 5) is 4.77.